The molecule has 0 saturated heterocycles. The number of hydrogen-bond donors (Lipinski definition) is 2. The number of nitrogens with zero attached hydrogens (tertiary/aromatic N) is 1. The number of rotatable bonds is 4. The first kappa shape index (κ1) is 14.5. The molecule has 7 heteroatoms. The molecule has 0 spiro atoms. The van der Waals surface area contributed by atoms with E-state index in [1.54, 1.807) is 0 Å². The Hall–Kier alpha value is -1.89. The van der Waals surface area contributed by atoms with Crippen LogP contribution in [-0.2, 0) is 6.18 Å². The Morgan fingerprint density at radius 3 is 2.55 bits per heavy atom. The lowest BCUT2D eigenvalue weighted by Gasteiger charge is -2.17. The summed E-state index contributed by atoms with van der Waals surface area (Å²) in [5.74, 6) is -1.49. The molecule has 1 aromatic carbocycles. The van der Waals surface area contributed by atoms with Crippen LogP contribution in [0.15, 0.2) is 30.6 Å². The molecule has 1 atom stereocenters. The van der Waals surface area contributed by atoms with Gasteiger partial charge in [-0.25, -0.2) is 4.39 Å². The molecule has 0 aliphatic rings. The number of benzene rings is 1. The number of aliphatic hydroxyl groups excluding tert-OH is 1. The highest BCUT2D eigenvalue weighted by Gasteiger charge is 2.32. The maximum absolute atomic E-state index is 13.9. The van der Waals surface area contributed by atoms with Gasteiger partial charge in [-0.2, -0.15) is 18.3 Å². The Kier molecular flexibility index (Phi) is 4.08. The molecular weight excluding hydrogens is 276 g/mol. The number of nitrogens with one attached hydrogen (secondary N) is 1. The van der Waals surface area contributed by atoms with Gasteiger partial charge in [-0.1, -0.05) is 6.07 Å². The second kappa shape index (κ2) is 5.62. The van der Waals surface area contributed by atoms with Crippen LogP contribution in [0, 0.1) is 5.82 Å². The molecule has 0 fully saturated rings. The first-order valence-electron chi connectivity index (χ1n) is 5.89. The number of hydrogen-bond acceptors (Lipinski definition) is 2. The Balaban J connectivity index is 2.40. The van der Waals surface area contributed by atoms with Crippen molar-refractivity contribution in [3.63, 3.8) is 0 Å². The van der Waals surface area contributed by atoms with Crippen LogP contribution in [0.5, 0.6) is 0 Å². The van der Waals surface area contributed by atoms with E-state index < -0.39 is 23.5 Å². The number of aromatic amines is 1. The summed E-state index contributed by atoms with van der Waals surface area (Å²) in [6.45, 7) is -0.212. The highest BCUT2D eigenvalue weighted by atomic mass is 19.4. The van der Waals surface area contributed by atoms with Crippen molar-refractivity contribution >= 4 is 0 Å². The minimum atomic E-state index is -4.58. The SMILES string of the molecule is OCCC(c1cn[nH]c1)c1ccc(C(F)(F)F)cc1F. The molecule has 0 amide bonds. The van der Waals surface area contributed by atoms with Crippen molar-refractivity contribution in [1.29, 1.82) is 0 Å². The van der Waals surface area contributed by atoms with Crippen molar-refractivity contribution in [2.45, 2.75) is 18.5 Å². The molecule has 1 heterocycles. The first-order chi connectivity index (χ1) is 9.43. The fourth-order valence-electron chi connectivity index (χ4n) is 2.07. The number of alkyl halides is 3. The number of aliphatic hydroxyl groups is 1. The molecule has 1 aromatic heterocycles. The fraction of sp³-hybridized carbons (Fsp3) is 0.308. The van der Waals surface area contributed by atoms with Crippen molar-refractivity contribution in [2.24, 2.45) is 0 Å². The third-order valence-corrected chi connectivity index (χ3v) is 3.04. The van der Waals surface area contributed by atoms with Gasteiger partial charge in [0.05, 0.1) is 11.8 Å². The number of H-pyrrole nitrogens is 1. The third-order valence-electron chi connectivity index (χ3n) is 3.04. The minimum absolute atomic E-state index is 0.105. The molecule has 0 radical (unpaired) electrons. The Labute approximate surface area is 112 Å². The molecular formula is C13H12F4N2O. The molecule has 3 nitrogen and oxygen atoms in total. The predicted octanol–water partition coefficient (Wildman–Crippen LogP) is 3.08. The van der Waals surface area contributed by atoms with Crippen LogP contribution in [0.3, 0.4) is 0 Å². The van der Waals surface area contributed by atoms with Gasteiger partial charge < -0.3 is 5.11 Å². The highest BCUT2D eigenvalue weighted by Crippen LogP contribution is 2.34. The molecule has 0 bridgehead atoms. The molecule has 0 saturated carbocycles. The summed E-state index contributed by atoms with van der Waals surface area (Å²) in [6, 6.07) is 2.41. The first-order valence-corrected chi connectivity index (χ1v) is 5.89. The Morgan fingerprint density at radius 1 is 1.30 bits per heavy atom. The number of aromatic nitrogens is 2. The zero-order valence-electron chi connectivity index (χ0n) is 10.3. The van der Waals surface area contributed by atoms with Crippen LogP contribution in [0.25, 0.3) is 0 Å². The van der Waals surface area contributed by atoms with Gasteiger partial charge in [0.2, 0.25) is 0 Å². The maximum Gasteiger partial charge on any atom is 0.416 e. The third kappa shape index (κ3) is 2.98. The van der Waals surface area contributed by atoms with Gasteiger partial charge in [-0.05, 0) is 29.7 Å². The lowest BCUT2D eigenvalue weighted by Crippen LogP contribution is -2.09. The average molecular weight is 288 g/mol. The molecule has 108 valence electrons. The van der Waals surface area contributed by atoms with Crippen molar-refractivity contribution < 1.29 is 22.7 Å². The van der Waals surface area contributed by atoms with E-state index in [0.29, 0.717) is 11.6 Å². The van der Waals surface area contributed by atoms with Crippen molar-refractivity contribution in [3.8, 4) is 0 Å². The summed E-state index contributed by atoms with van der Waals surface area (Å²) in [5.41, 5.74) is -0.320. The van der Waals surface area contributed by atoms with E-state index in [9.17, 15) is 17.6 Å². The predicted molar refractivity (Wildman–Crippen MR) is 63.5 cm³/mol. The normalized spacial score (nSPS) is 13.4. The fourth-order valence-corrected chi connectivity index (χ4v) is 2.07. The maximum atomic E-state index is 13.9. The summed E-state index contributed by atoms with van der Waals surface area (Å²) in [5, 5.41) is 15.3. The lowest BCUT2D eigenvalue weighted by molar-refractivity contribution is -0.137. The van der Waals surface area contributed by atoms with E-state index in [0.717, 1.165) is 12.1 Å². The topological polar surface area (TPSA) is 48.9 Å². The van der Waals surface area contributed by atoms with Gasteiger partial charge in [0.15, 0.2) is 0 Å². The number of halogens is 4. The molecule has 1 unspecified atom stereocenters. The summed E-state index contributed by atoms with van der Waals surface area (Å²) < 4.78 is 51.4. The minimum Gasteiger partial charge on any atom is -0.396 e. The molecule has 2 rings (SSSR count). The van der Waals surface area contributed by atoms with Crippen LogP contribution < -0.4 is 0 Å². The zero-order chi connectivity index (χ0) is 14.8. The second-order valence-electron chi connectivity index (χ2n) is 4.33. The summed E-state index contributed by atoms with van der Waals surface area (Å²) in [6.07, 6.45) is -1.40. The molecule has 0 aliphatic carbocycles. The van der Waals surface area contributed by atoms with E-state index in [2.05, 4.69) is 10.2 Å². The average Bonchev–Trinajstić information content (AvgIpc) is 2.89. The van der Waals surface area contributed by atoms with E-state index in [1.165, 1.54) is 12.4 Å². The van der Waals surface area contributed by atoms with Gasteiger partial charge in [0.25, 0.3) is 0 Å². The van der Waals surface area contributed by atoms with E-state index >= 15 is 0 Å². The zero-order valence-corrected chi connectivity index (χ0v) is 10.3. The van der Waals surface area contributed by atoms with Crippen LogP contribution in [-0.4, -0.2) is 21.9 Å². The molecule has 20 heavy (non-hydrogen) atoms. The van der Waals surface area contributed by atoms with E-state index in [-0.39, 0.29) is 18.6 Å². The molecule has 0 aliphatic heterocycles. The van der Waals surface area contributed by atoms with Gasteiger partial charge in [0, 0.05) is 18.7 Å². The largest absolute Gasteiger partial charge is 0.416 e. The van der Waals surface area contributed by atoms with E-state index in [4.69, 9.17) is 5.11 Å². The summed E-state index contributed by atoms with van der Waals surface area (Å²) >= 11 is 0. The van der Waals surface area contributed by atoms with E-state index in [1.807, 2.05) is 0 Å². The molecule has 2 aromatic rings. The van der Waals surface area contributed by atoms with Crippen molar-refractivity contribution in [3.05, 3.63) is 53.1 Å². The quantitative estimate of drug-likeness (QED) is 0.849. The van der Waals surface area contributed by atoms with Crippen LogP contribution >= 0.6 is 0 Å². The van der Waals surface area contributed by atoms with Crippen LogP contribution in [0.2, 0.25) is 0 Å². The monoisotopic (exact) mass is 288 g/mol. The highest BCUT2D eigenvalue weighted by molar-refractivity contribution is 5.34. The smallest absolute Gasteiger partial charge is 0.396 e. The van der Waals surface area contributed by atoms with Crippen LogP contribution in [0.1, 0.15) is 29.0 Å². The van der Waals surface area contributed by atoms with Gasteiger partial charge in [0.1, 0.15) is 5.82 Å². The Morgan fingerprint density at radius 2 is 2.05 bits per heavy atom. The summed E-state index contributed by atoms with van der Waals surface area (Å²) in [7, 11) is 0. The second-order valence-corrected chi connectivity index (χ2v) is 4.33. The van der Waals surface area contributed by atoms with Gasteiger partial charge >= 0.3 is 6.18 Å². The van der Waals surface area contributed by atoms with Gasteiger partial charge in [-0.15, -0.1) is 0 Å². The Bertz CT molecular complexity index is 566. The van der Waals surface area contributed by atoms with Crippen LogP contribution in [0.4, 0.5) is 17.6 Å². The molecule has 2 N–H and O–H groups in total. The lowest BCUT2D eigenvalue weighted by atomic mass is 9.90. The van der Waals surface area contributed by atoms with Gasteiger partial charge in [-0.3, -0.25) is 5.10 Å². The standard InChI is InChI=1S/C13H12F4N2O/c14-12-5-9(13(15,16)17)1-2-11(12)10(3-4-20)8-6-18-19-7-8/h1-2,5-7,10,20H,3-4H2,(H,18,19). The van der Waals surface area contributed by atoms with Crippen molar-refractivity contribution in [1.82, 2.24) is 10.2 Å². The summed E-state index contributed by atoms with van der Waals surface area (Å²) in [4.78, 5) is 0. The van der Waals surface area contributed by atoms with Crippen molar-refractivity contribution in [2.75, 3.05) is 6.61 Å².